The van der Waals surface area contributed by atoms with Crippen molar-refractivity contribution < 1.29 is 9.52 Å². The predicted molar refractivity (Wildman–Crippen MR) is 112 cm³/mol. The Balaban J connectivity index is 1.73. The number of nitrogens with zero attached hydrogens (tertiary/aromatic N) is 2. The molecule has 4 rings (SSSR count). The van der Waals surface area contributed by atoms with Crippen molar-refractivity contribution in [3.8, 4) is 17.2 Å². The summed E-state index contributed by atoms with van der Waals surface area (Å²) in [4.78, 5) is 9.19. The summed E-state index contributed by atoms with van der Waals surface area (Å²) in [6.07, 6.45) is 1.66. The van der Waals surface area contributed by atoms with Crippen molar-refractivity contribution in [2.24, 2.45) is 4.99 Å². The SMILES string of the molecule is Cc1ccc(-c2nc3c(C)cccc3o2)cc1N=Cc1cc(Br)ccc1O. The number of oxazole rings is 1. The summed E-state index contributed by atoms with van der Waals surface area (Å²) in [5.41, 5.74) is 6.06. The van der Waals surface area contributed by atoms with Gasteiger partial charge < -0.3 is 9.52 Å². The summed E-state index contributed by atoms with van der Waals surface area (Å²) >= 11 is 3.41. The topological polar surface area (TPSA) is 58.6 Å². The van der Waals surface area contributed by atoms with Gasteiger partial charge in [0.05, 0.1) is 5.69 Å². The van der Waals surface area contributed by atoms with Gasteiger partial charge in [0.15, 0.2) is 5.58 Å². The van der Waals surface area contributed by atoms with E-state index in [1.54, 1.807) is 18.3 Å². The number of fused-ring (bicyclic) bond motifs is 1. The molecule has 134 valence electrons. The molecule has 0 spiro atoms. The van der Waals surface area contributed by atoms with Gasteiger partial charge in [-0.05, 0) is 61.4 Å². The van der Waals surface area contributed by atoms with Crippen LogP contribution in [0, 0.1) is 13.8 Å². The summed E-state index contributed by atoms with van der Waals surface area (Å²) in [5, 5.41) is 9.98. The van der Waals surface area contributed by atoms with Crippen molar-refractivity contribution in [3.63, 3.8) is 0 Å². The Morgan fingerprint density at radius 1 is 1.04 bits per heavy atom. The number of aromatic hydroxyl groups is 1. The second-order valence-corrected chi connectivity index (χ2v) is 7.32. The molecule has 0 unspecified atom stereocenters. The maximum absolute atomic E-state index is 9.98. The van der Waals surface area contributed by atoms with Crippen molar-refractivity contribution in [3.05, 3.63) is 75.8 Å². The molecule has 0 aliphatic rings. The molecule has 0 fully saturated rings. The first-order valence-corrected chi connectivity index (χ1v) is 9.30. The minimum Gasteiger partial charge on any atom is -0.507 e. The molecule has 1 aromatic heterocycles. The molecule has 0 amide bonds. The van der Waals surface area contributed by atoms with E-state index in [2.05, 4.69) is 25.9 Å². The molecule has 0 aliphatic carbocycles. The van der Waals surface area contributed by atoms with Gasteiger partial charge in [-0.25, -0.2) is 4.98 Å². The molecule has 27 heavy (non-hydrogen) atoms. The summed E-state index contributed by atoms with van der Waals surface area (Å²) < 4.78 is 6.80. The van der Waals surface area contributed by atoms with Gasteiger partial charge in [-0.3, -0.25) is 4.99 Å². The number of benzene rings is 3. The van der Waals surface area contributed by atoms with Crippen LogP contribution in [0.25, 0.3) is 22.6 Å². The lowest BCUT2D eigenvalue weighted by Gasteiger charge is -2.03. The van der Waals surface area contributed by atoms with Crippen LogP contribution >= 0.6 is 15.9 Å². The maximum Gasteiger partial charge on any atom is 0.227 e. The average Bonchev–Trinajstić information content (AvgIpc) is 3.09. The number of hydrogen-bond donors (Lipinski definition) is 1. The zero-order valence-corrected chi connectivity index (χ0v) is 16.5. The fourth-order valence-corrected chi connectivity index (χ4v) is 3.24. The smallest absolute Gasteiger partial charge is 0.227 e. The molecule has 4 aromatic rings. The normalized spacial score (nSPS) is 11.5. The Morgan fingerprint density at radius 3 is 2.70 bits per heavy atom. The van der Waals surface area contributed by atoms with E-state index in [-0.39, 0.29) is 5.75 Å². The van der Waals surface area contributed by atoms with Crippen LogP contribution in [0.15, 0.2) is 68.5 Å². The maximum atomic E-state index is 9.98. The molecule has 0 radical (unpaired) electrons. The standard InChI is InChI=1S/C22H17BrN2O2/c1-13-6-7-15(22-25-21-14(2)4-3-5-20(21)27-22)11-18(13)24-12-16-10-17(23)8-9-19(16)26/h3-12,26H,1-2H3. The second-order valence-electron chi connectivity index (χ2n) is 6.40. The molecule has 4 nitrogen and oxygen atoms in total. The summed E-state index contributed by atoms with van der Waals surface area (Å²) in [7, 11) is 0. The molecule has 1 heterocycles. The number of phenolic OH excluding ortho intramolecular Hbond substituents is 1. The van der Waals surface area contributed by atoms with E-state index in [0.717, 1.165) is 38.0 Å². The Labute approximate surface area is 165 Å². The van der Waals surface area contributed by atoms with E-state index >= 15 is 0 Å². The average molecular weight is 421 g/mol. The number of halogens is 1. The minimum absolute atomic E-state index is 0.185. The van der Waals surface area contributed by atoms with Gasteiger partial charge in [0, 0.05) is 21.8 Å². The third-order valence-corrected chi connectivity index (χ3v) is 4.90. The van der Waals surface area contributed by atoms with Crippen LogP contribution in [0.4, 0.5) is 5.69 Å². The lowest BCUT2D eigenvalue weighted by Crippen LogP contribution is -1.85. The van der Waals surface area contributed by atoms with Crippen LogP contribution in [-0.4, -0.2) is 16.3 Å². The lowest BCUT2D eigenvalue weighted by molar-refractivity contribution is 0.474. The van der Waals surface area contributed by atoms with Gasteiger partial charge in [0.2, 0.25) is 5.89 Å². The van der Waals surface area contributed by atoms with Gasteiger partial charge in [-0.2, -0.15) is 0 Å². The molecule has 5 heteroatoms. The fourth-order valence-electron chi connectivity index (χ4n) is 2.86. The third-order valence-electron chi connectivity index (χ3n) is 4.41. The first kappa shape index (κ1) is 17.5. The van der Waals surface area contributed by atoms with Gasteiger partial charge in [0.25, 0.3) is 0 Å². The monoisotopic (exact) mass is 420 g/mol. The largest absolute Gasteiger partial charge is 0.507 e. The first-order valence-electron chi connectivity index (χ1n) is 8.51. The third kappa shape index (κ3) is 3.51. The van der Waals surface area contributed by atoms with Crippen LogP contribution < -0.4 is 0 Å². The molecular weight excluding hydrogens is 404 g/mol. The molecule has 0 aliphatic heterocycles. The number of aliphatic imine (C=N–C) groups is 1. The number of rotatable bonds is 3. The van der Waals surface area contributed by atoms with Gasteiger partial charge in [0.1, 0.15) is 11.3 Å². The second kappa shape index (κ2) is 7.00. The van der Waals surface area contributed by atoms with Gasteiger partial charge >= 0.3 is 0 Å². The molecule has 0 bridgehead atoms. The number of hydrogen-bond acceptors (Lipinski definition) is 4. The highest BCUT2D eigenvalue weighted by molar-refractivity contribution is 9.10. The van der Waals surface area contributed by atoms with E-state index in [9.17, 15) is 5.11 Å². The Kier molecular flexibility index (Phi) is 4.54. The Morgan fingerprint density at radius 2 is 1.89 bits per heavy atom. The molecule has 1 N–H and O–H groups in total. The zero-order chi connectivity index (χ0) is 19.0. The molecule has 0 saturated carbocycles. The highest BCUT2D eigenvalue weighted by Crippen LogP contribution is 2.30. The number of phenols is 1. The lowest BCUT2D eigenvalue weighted by atomic mass is 10.1. The van der Waals surface area contributed by atoms with Crippen molar-refractivity contribution in [1.82, 2.24) is 4.98 Å². The highest BCUT2D eigenvalue weighted by Gasteiger charge is 2.11. The van der Waals surface area contributed by atoms with E-state index in [1.807, 2.05) is 56.3 Å². The molecular formula is C22H17BrN2O2. The summed E-state index contributed by atoms with van der Waals surface area (Å²) in [5.74, 6) is 0.756. The van der Waals surface area contributed by atoms with E-state index in [1.165, 1.54) is 0 Å². The fraction of sp³-hybridized carbons (Fsp3) is 0.0909. The van der Waals surface area contributed by atoms with Crippen molar-refractivity contribution in [2.45, 2.75) is 13.8 Å². The Bertz CT molecular complexity index is 1180. The molecule has 3 aromatic carbocycles. The number of para-hydroxylation sites is 1. The predicted octanol–water partition coefficient (Wildman–Crippen LogP) is 6.33. The van der Waals surface area contributed by atoms with Crippen LogP contribution in [0.1, 0.15) is 16.7 Å². The van der Waals surface area contributed by atoms with Crippen molar-refractivity contribution in [2.75, 3.05) is 0 Å². The summed E-state index contributed by atoms with van der Waals surface area (Å²) in [6, 6.07) is 17.1. The first-order chi connectivity index (χ1) is 13.0. The summed E-state index contributed by atoms with van der Waals surface area (Å²) in [6.45, 7) is 4.01. The molecule has 0 atom stereocenters. The van der Waals surface area contributed by atoms with Gasteiger partial charge in [-0.1, -0.05) is 34.1 Å². The quantitative estimate of drug-likeness (QED) is 0.393. The van der Waals surface area contributed by atoms with E-state index in [4.69, 9.17) is 4.42 Å². The number of aryl methyl sites for hydroxylation is 2. The molecule has 0 saturated heterocycles. The highest BCUT2D eigenvalue weighted by atomic mass is 79.9. The van der Waals surface area contributed by atoms with E-state index < -0.39 is 0 Å². The van der Waals surface area contributed by atoms with Crippen molar-refractivity contribution >= 4 is 38.9 Å². The number of aromatic nitrogens is 1. The van der Waals surface area contributed by atoms with Gasteiger partial charge in [-0.15, -0.1) is 0 Å². The minimum atomic E-state index is 0.185. The van der Waals surface area contributed by atoms with Crippen molar-refractivity contribution in [1.29, 1.82) is 0 Å². The van der Waals surface area contributed by atoms with Crippen LogP contribution in [-0.2, 0) is 0 Å². The van der Waals surface area contributed by atoms with Crippen LogP contribution in [0.3, 0.4) is 0 Å². The van der Waals surface area contributed by atoms with Crippen LogP contribution in [0.2, 0.25) is 0 Å². The Hall–Kier alpha value is -2.92. The van der Waals surface area contributed by atoms with E-state index in [0.29, 0.717) is 11.5 Å². The zero-order valence-electron chi connectivity index (χ0n) is 14.9. The van der Waals surface area contributed by atoms with Crippen LogP contribution in [0.5, 0.6) is 5.75 Å².